The van der Waals surface area contributed by atoms with E-state index in [1.807, 2.05) is 51.1 Å². The lowest BCUT2D eigenvalue weighted by atomic mass is 10.1. The standard InChI is InChI=1S/C20H23NO3S/c1-5-24-20(23)17-14(4)18(15-9-7-6-8-10-15)25-19(17)21-12-11-16(22)13(2)3/h6-13,21H,5H2,1-4H3. The number of esters is 1. The van der Waals surface area contributed by atoms with Crippen LogP contribution >= 0.6 is 11.3 Å². The maximum Gasteiger partial charge on any atom is 0.341 e. The fourth-order valence-electron chi connectivity index (χ4n) is 2.32. The highest BCUT2D eigenvalue weighted by atomic mass is 32.1. The van der Waals surface area contributed by atoms with E-state index in [1.54, 1.807) is 13.1 Å². The Morgan fingerprint density at radius 3 is 2.52 bits per heavy atom. The molecule has 0 aliphatic heterocycles. The molecule has 5 heteroatoms. The van der Waals surface area contributed by atoms with Crippen molar-refractivity contribution in [3.8, 4) is 10.4 Å². The van der Waals surface area contributed by atoms with E-state index in [-0.39, 0.29) is 17.7 Å². The van der Waals surface area contributed by atoms with Crippen LogP contribution in [-0.4, -0.2) is 18.4 Å². The van der Waals surface area contributed by atoms with Crippen LogP contribution in [0.15, 0.2) is 42.6 Å². The second-order valence-corrected chi connectivity index (χ2v) is 6.90. The molecule has 1 N–H and O–H groups in total. The molecule has 0 unspecified atom stereocenters. The first-order valence-corrected chi connectivity index (χ1v) is 9.10. The quantitative estimate of drug-likeness (QED) is 0.556. The first-order valence-electron chi connectivity index (χ1n) is 8.28. The molecule has 4 nitrogen and oxygen atoms in total. The van der Waals surface area contributed by atoms with Crippen LogP contribution in [0.25, 0.3) is 10.4 Å². The van der Waals surface area contributed by atoms with Crippen molar-refractivity contribution in [3.05, 3.63) is 53.7 Å². The monoisotopic (exact) mass is 357 g/mol. The van der Waals surface area contributed by atoms with Gasteiger partial charge in [-0.1, -0.05) is 44.2 Å². The maximum absolute atomic E-state index is 12.4. The van der Waals surface area contributed by atoms with E-state index >= 15 is 0 Å². The second kappa shape index (κ2) is 8.62. The molecule has 2 rings (SSSR count). The van der Waals surface area contributed by atoms with Crippen LogP contribution in [-0.2, 0) is 9.53 Å². The van der Waals surface area contributed by atoms with Gasteiger partial charge in [0.25, 0.3) is 0 Å². The number of anilines is 1. The van der Waals surface area contributed by atoms with Gasteiger partial charge in [-0.3, -0.25) is 4.79 Å². The van der Waals surface area contributed by atoms with Gasteiger partial charge in [-0.25, -0.2) is 4.79 Å². The van der Waals surface area contributed by atoms with Crippen LogP contribution in [0.5, 0.6) is 0 Å². The predicted octanol–water partition coefficient (Wildman–Crippen LogP) is 5.05. The highest BCUT2D eigenvalue weighted by Gasteiger charge is 2.22. The van der Waals surface area contributed by atoms with Crippen molar-refractivity contribution >= 4 is 28.1 Å². The molecule has 0 radical (unpaired) electrons. The predicted molar refractivity (Wildman–Crippen MR) is 103 cm³/mol. The third-order valence-electron chi connectivity index (χ3n) is 3.69. The summed E-state index contributed by atoms with van der Waals surface area (Å²) in [5.41, 5.74) is 2.44. The lowest BCUT2D eigenvalue weighted by Gasteiger charge is -2.05. The van der Waals surface area contributed by atoms with Crippen molar-refractivity contribution in [1.82, 2.24) is 0 Å². The minimum Gasteiger partial charge on any atom is -0.462 e. The number of allylic oxidation sites excluding steroid dienone is 1. The maximum atomic E-state index is 12.4. The third-order valence-corrected chi connectivity index (χ3v) is 4.97. The average molecular weight is 357 g/mol. The fraction of sp³-hybridized carbons (Fsp3) is 0.300. The fourth-order valence-corrected chi connectivity index (χ4v) is 3.50. The van der Waals surface area contributed by atoms with E-state index in [4.69, 9.17) is 4.74 Å². The Bertz CT molecular complexity index is 776. The third kappa shape index (κ3) is 4.57. The van der Waals surface area contributed by atoms with E-state index in [1.165, 1.54) is 17.4 Å². The highest BCUT2D eigenvalue weighted by molar-refractivity contribution is 7.20. The molecule has 2 aromatic rings. The summed E-state index contributed by atoms with van der Waals surface area (Å²) in [4.78, 5) is 25.1. The van der Waals surface area contributed by atoms with Gasteiger partial charge in [-0.2, -0.15) is 0 Å². The summed E-state index contributed by atoms with van der Waals surface area (Å²) in [6.45, 7) is 7.71. The number of thiophene rings is 1. The van der Waals surface area contributed by atoms with Crippen LogP contribution in [0.3, 0.4) is 0 Å². The SMILES string of the molecule is CCOC(=O)c1c(NC=CC(=O)C(C)C)sc(-c2ccccc2)c1C. The number of ether oxygens (including phenoxy) is 1. The molecule has 0 fully saturated rings. The zero-order valence-corrected chi connectivity index (χ0v) is 15.8. The summed E-state index contributed by atoms with van der Waals surface area (Å²) in [6.07, 6.45) is 3.09. The highest BCUT2D eigenvalue weighted by Crippen LogP contribution is 2.40. The summed E-state index contributed by atoms with van der Waals surface area (Å²) < 4.78 is 5.20. The first-order chi connectivity index (χ1) is 12.0. The largest absolute Gasteiger partial charge is 0.462 e. The van der Waals surface area contributed by atoms with Crippen molar-refractivity contribution in [1.29, 1.82) is 0 Å². The number of ketones is 1. The summed E-state index contributed by atoms with van der Waals surface area (Å²) in [5, 5.41) is 3.77. The Labute approximate surface area is 152 Å². The molecule has 1 heterocycles. The zero-order valence-electron chi connectivity index (χ0n) is 15.0. The van der Waals surface area contributed by atoms with E-state index < -0.39 is 0 Å². The Hall–Kier alpha value is -2.40. The van der Waals surface area contributed by atoms with Gasteiger partial charge in [0.05, 0.1) is 12.2 Å². The van der Waals surface area contributed by atoms with Crippen LogP contribution in [0.4, 0.5) is 5.00 Å². The number of carbonyl (C=O) groups excluding carboxylic acids is 2. The number of benzene rings is 1. The number of carbonyl (C=O) groups is 2. The average Bonchev–Trinajstić information content (AvgIpc) is 2.92. The summed E-state index contributed by atoms with van der Waals surface area (Å²) in [6, 6.07) is 9.91. The number of hydrogen-bond acceptors (Lipinski definition) is 5. The molecule has 1 aromatic heterocycles. The molecule has 25 heavy (non-hydrogen) atoms. The molecule has 0 atom stereocenters. The lowest BCUT2D eigenvalue weighted by molar-refractivity contribution is -0.117. The van der Waals surface area contributed by atoms with Crippen molar-refractivity contribution in [2.24, 2.45) is 5.92 Å². The van der Waals surface area contributed by atoms with E-state index in [2.05, 4.69) is 5.32 Å². The van der Waals surface area contributed by atoms with E-state index in [0.29, 0.717) is 17.2 Å². The Balaban J connectivity index is 2.40. The van der Waals surface area contributed by atoms with Gasteiger partial charge in [0, 0.05) is 17.0 Å². The summed E-state index contributed by atoms with van der Waals surface area (Å²) >= 11 is 1.48. The van der Waals surface area contributed by atoms with Gasteiger partial charge < -0.3 is 10.1 Å². The van der Waals surface area contributed by atoms with Gasteiger partial charge >= 0.3 is 5.97 Å². The van der Waals surface area contributed by atoms with Crippen molar-refractivity contribution in [2.45, 2.75) is 27.7 Å². The normalized spacial score (nSPS) is 11.1. The lowest BCUT2D eigenvalue weighted by Crippen LogP contribution is -2.08. The molecule has 1 aromatic carbocycles. The minimum atomic E-state index is -0.357. The van der Waals surface area contributed by atoms with Gasteiger partial charge in [0.15, 0.2) is 5.78 Å². The van der Waals surface area contributed by atoms with E-state index in [9.17, 15) is 9.59 Å². The topological polar surface area (TPSA) is 55.4 Å². The molecular formula is C20H23NO3S. The van der Waals surface area contributed by atoms with Crippen LogP contribution < -0.4 is 5.32 Å². The molecule has 0 saturated heterocycles. The van der Waals surface area contributed by atoms with Crippen LogP contribution in [0, 0.1) is 12.8 Å². The zero-order chi connectivity index (χ0) is 18.4. The minimum absolute atomic E-state index is 0.0294. The van der Waals surface area contributed by atoms with Gasteiger partial charge in [0.1, 0.15) is 5.00 Å². The van der Waals surface area contributed by atoms with Crippen LogP contribution in [0.1, 0.15) is 36.7 Å². The summed E-state index contributed by atoms with van der Waals surface area (Å²) in [7, 11) is 0. The van der Waals surface area contributed by atoms with Gasteiger partial charge in [-0.15, -0.1) is 11.3 Å². The Morgan fingerprint density at radius 2 is 1.92 bits per heavy atom. The molecule has 0 aliphatic carbocycles. The molecule has 0 aliphatic rings. The van der Waals surface area contributed by atoms with E-state index in [0.717, 1.165) is 16.0 Å². The smallest absolute Gasteiger partial charge is 0.341 e. The van der Waals surface area contributed by atoms with Gasteiger partial charge in [0.2, 0.25) is 0 Å². The van der Waals surface area contributed by atoms with Crippen molar-refractivity contribution in [3.63, 3.8) is 0 Å². The molecular weight excluding hydrogens is 334 g/mol. The Morgan fingerprint density at radius 1 is 1.24 bits per heavy atom. The molecule has 0 amide bonds. The first kappa shape index (κ1) is 18.9. The Kier molecular flexibility index (Phi) is 6.53. The molecule has 0 bridgehead atoms. The number of rotatable bonds is 7. The van der Waals surface area contributed by atoms with Gasteiger partial charge in [-0.05, 0) is 31.1 Å². The number of hydrogen-bond donors (Lipinski definition) is 1. The summed E-state index contributed by atoms with van der Waals surface area (Å²) in [5.74, 6) is -0.390. The van der Waals surface area contributed by atoms with Crippen molar-refractivity contribution < 1.29 is 14.3 Å². The molecule has 0 saturated carbocycles. The second-order valence-electron chi connectivity index (χ2n) is 5.88. The number of nitrogens with one attached hydrogen (secondary N) is 1. The molecule has 132 valence electrons. The molecule has 0 spiro atoms. The van der Waals surface area contributed by atoms with Crippen LogP contribution in [0.2, 0.25) is 0 Å². The van der Waals surface area contributed by atoms with Crippen molar-refractivity contribution in [2.75, 3.05) is 11.9 Å².